The molecule has 0 aliphatic carbocycles. The van der Waals surface area contributed by atoms with Gasteiger partial charge in [0, 0.05) is 12.6 Å². The van der Waals surface area contributed by atoms with Crippen molar-refractivity contribution in [2.24, 2.45) is 7.05 Å². The zero-order valence-corrected chi connectivity index (χ0v) is 9.85. The fourth-order valence-corrected chi connectivity index (χ4v) is 2.05. The average molecular weight is 237 g/mol. The van der Waals surface area contributed by atoms with Crippen molar-refractivity contribution in [3.63, 3.8) is 0 Å². The van der Waals surface area contributed by atoms with Gasteiger partial charge >= 0.3 is 0 Å². The number of aromatic nitrogens is 2. The summed E-state index contributed by atoms with van der Waals surface area (Å²) in [7, 11) is 1.58. The monoisotopic (exact) mass is 236 g/mol. The van der Waals surface area contributed by atoms with E-state index in [4.69, 9.17) is 11.6 Å². The predicted octanol–water partition coefficient (Wildman–Crippen LogP) is 3.91. The minimum atomic E-state index is -2.56. The fraction of sp³-hybridized carbons (Fsp3) is 0.700. The molecule has 0 N–H and O–H groups in total. The Morgan fingerprint density at radius 3 is 2.53 bits per heavy atom. The van der Waals surface area contributed by atoms with Crippen LogP contribution in [-0.4, -0.2) is 9.78 Å². The van der Waals surface area contributed by atoms with Gasteiger partial charge in [-0.15, -0.1) is 0 Å². The summed E-state index contributed by atoms with van der Waals surface area (Å²) in [5.41, 5.74) is 0.319. The Bertz CT molecular complexity index is 336. The molecular weight excluding hydrogens is 222 g/mol. The third kappa shape index (κ3) is 2.48. The first-order valence-corrected chi connectivity index (χ1v) is 5.37. The quantitative estimate of drug-likeness (QED) is 0.775. The highest BCUT2D eigenvalue weighted by Crippen LogP contribution is 2.35. The van der Waals surface area contributed by atoms with Crippen LogP contribution in [0.5, 0.6) is 0 Å². The Labute approximate surface area is 93.2 Å². The summed E-state index contributed by atoms with van der Waals surface area (Å²) in [5.74, 6) is 0.0280. The molecule has 0 saturated carbocycles. The van der Waals surface area contributed by atoms with Gasteiger partial charge in [-0.25, -0.2) is 8.78 Å². The number of alkyl halides is 2. The van der Waals surface area contributed by atoms with Crippen molar-refractivity contribution in [2.45, 2.75) is 39.0 Å². The lowest BCUT2D eigenvalue weighted by Gasteiger charge is -2.10. The van der Waals surface area contributed by atoms with Crippen LogP contribution in [0, 0.1) is 0 Å². The molecule has 0 bridgehead atoms. The van der Waals surface area contributed by atoms with Crippen molar-refractivity contribution in [1.29, 1.82) is 0 Å². The summed E-state index contributed by atoms with van der Waals surface area (Å²) >= 11 is 5.96. The lowest BCUT2D eigenvalue weighted by molar-refractivity contribution is 0.143. The SMILES string of the molecule is CCCC(C)c1c(C(F)F)nn(C)c1Cl. The van der Waals surface area contributed by atoms with E-state index in [1.54, 1.807) is 7.05 Å². The zero-order valence-electron chi connectivity index (χ0n) is 9.10. The van der Waals surface area contributed by atoms with Crippen LogP contribution in [0.3, 0.4) is 0 Å². The second kappa shape index (κ2) is 4.92. The van der Waals surface area contributed by atoms with Gasteiger partial charge in [0.25, 0.3) is 6.43 Å². The number of aryl methyl sites for hydroxylation is 1. The van der Waals surface area contributed by atoms with Gasteiger partial charge in [0.2, 0.25) is 0 Å². The molecule has 1 atom stereocenters. The van der Waals surface area contributed by atoms with Crippen LogP contribution in [0.1, 0.15) is 50.3 Å². The Hall–Kier alpha value is -0.640. The Morgan fingerprint density at radius 2 is 2.07 bits per heavy atom. The van der Waals surface area contributed by atoms with Crippen molar-refractivity contribution in [3.05, 3.63) is 16.4 Å². The highest BCUT2D eigenvalue weighted by molar-refractivity contribution is 6.30. The van der Waals surface area contributed by atoms with E-state index < -0.39 is 6.43 Å². The molecule has 1 aromatic heterocycles. The number of halogens is 3. The maximum Gasteiger partial charge on any atom is 0.282 e. The molecule has 1 aromatic rings. The third-order valence-electron chi connectivity index (χ3n) is 2.46. The fourth-order valence-electron chi connectivity index (χ4n) is 1.73. The molecular formula is C10H15ClF2N2. The highest BCUT2D eigenvalue weighted by atomic mass is 35.5. The van der Waals surface area contributed by atoms with Crippen molar-refractivity contribution >= 4 is 11.6 Å². The van der Waals surface area contributed by atoms with E-state index in [0.29, 0.717) is 10.7 Å². The molecule has 0 fully saturated rings. The highest BCUT2D eigenvalue weighted by Gasteiger charge is 2.25. The molecule has 1 heterocycles. The van der Waals surface area contributed by atoms with Crippen LogP contribution < -0.4 is 0 Å². The van der Waals surface area contributed by atoms with E-state index in [2.05, 4.69) is 5.10 Å². The van der Waals surface area contributed by atoms with Crippen LogP contribution in [-0.2, 0) is 7.05 Å². The van der Waals surface area contributed by atoms with Crippen LogP contribution >= 0.6 is 11.6 Å². The number of hydrogen-bond donors (Lipinski definition) is 0. The summed E-state index contributed by atoms with van der Waals surface area (Å²) in [6.45, 7) is 3.92. The summed E-state index contributed by atoms with van der Waals surface area (Å²) in [5, 5.41) is 4.07. The minimum Gasteiger partial charge on any atom is -0.256 e. The molecule has 5 heteroatoms. The van der Waals surface area contributed by atoms with Gasteiger partial charge in [-0.05, 0) is 12.3 Å². The molecule has 0 aromatic carbocycles. The third-order valence-corrected chi connectivity index (χ3v) is 2.91. The molecule has 86 valence electrons. The van der Waals surface area contributed by atoms with Crippen molar-refractivity contribution in [1.82, 2.24) is 9.78 Å². The van der Waals surface area contributed by atoms with Gasteiger partial charge in [-0.2, -0.15) is 5.10 Å². The summed E-state index contributed by atoms with van der Waals surface area (Å²) < 4.78 is 26.7. The van der Waals surface area contributed by atoms with Gasteiger partial charge in [0.05, 0.1) is 0 Å². The van der Waals surface area contributed by atoms with Gasteiger partial charge in [-0.3, -0.25) is 4.68 Å². The topological polar surface area (TPSA) is 17.8 Å². The van der Waals surface area contributed by atoms with Crippen molar-refractivity contribution in [2.75, 3.05) is 0 Å². The van der Waals surface area contributed by atoms with Gasteiger partial charge in [0.15, 0.2) is 0 Å². The summed E-state index contributed by atoms with van der Waals surface area (Å²) in [6.07, 6.45) is -0.779. The van der Waals surface area contributed by atoms with Crippen LogP contribution in [0.15, 0.2) is 0 Å². The average Bonchev–Trinajstić information content (AvgIpc) is 2.44. The number of hydrogen-bond acceptors (Lipinski definition) is 1. The molecule has 1 rings (SSSR count). The van der Waals surface area contributed by atoms with Crippen LogP contribution in [0.25, 0.3) is 0 Å². The number of rotatable bonds is 4. The van der Waals surface area contributed by atoms with E-state index in [9.17, 15) is 8.78 Å². The molecule has 0 aliphatic rings. The summed E-state index contributed by atoms with van der Waals surface area (Å²) in [4.78, 5) is 0. The maximum absolute atomic E-state index is 12.7. The van der Waals surface area contributed by atoms with E-state index >= 15 is 0 Å². The molecule has 0 aliphatic heterocycles. The Morgan fingerprint density at radius 1 is 1.47 bits per heavy atom. The van der Waals surface area contributed by atoms with Crippen molar-refractivity contribution < 1.29 is 8.78 Å². The standard InChI is InChI=1S/C10H15ClF2N2/c1-4-5-6(2)7-8(10(12)13)14-15(3)9(7)11/h6,10H,4-5H2,1-3H3. The van der Waals surface area contributed by atoms with Gasteiger partial charge in [-0.1, -0.05) is 31.9 Å². The largest absolute Gasteiger partial charge is 0.282 e. The maximum atomic E-state index is 12.7. The molecule has 1 unspecified atom stereocenters. The molecule has 0 radical (unpaired) electrons. The predicted molar refractivity (Wildman–Crippen MR) is 56.5 cm³/mol. The van der Waals surface area contributed by atoms with Crippen LogP contribution in [0.2, 0.25) is 5.15 Å². The smallest absolute Gasteiger partial charge is 0.256 e. The first-order chi connectivity index (χ1) is 6.99. The van der Waals surface area contributed by atoms with Crippen molar-refractivity contribution in [3.8, 4) is 0 Å². The first kappa shape index (κ1) is 12.4. The Kier molecular flexibility index (Phi) is 4.08. The van der Waals surface area contributed by atoms with Gasteiger partial charge in [0.1, 0.15) is 10.8 Å². The Balaban J connectivity index is 3.12. The van der Waals surface area contributed by atoms with Crippen LogP contribution in [0.4, 0.5) is 8.78 Å². The van der Waals surface area contributed by atoms with E-state index in [0.717, 1.165) is 12.8 Å². The number of nitrogens with zero attached hydrogens (tertiary/aromatic N) is 2. The lowest BCUT2D eigenvalue weighted by atomic mass is 9.97. The molecule has 2 nitrogen and oxygen atoms in total. The van der Waals surface area contributed by atoms with E-state index in [1.807, 2.05) is 13.8 Å². The lowest BCUT2D eigenvalue weighted by Crippen LogP contribution is -1.98. The van der Waals surface area contributed by atoms with E-state index in [-0.39, 0.29) is 11.6 Å². The molecule has 0 spiro atoms. The second-order valence-corrected chi connectivity index (χ2v) is 4.06. The first-order valence-electron chi connectivity index (χ1n) is 4.99. The molecule has 0 saturated heterocycles. The second-order valence-electron chi connectivity index (χ2n) is 3.70. The van der Waals surface area contributed by atoms with Gasteiger partial charge < -0.3 is 0 Å². The zero-order chi connectivity index (χ0) is 11.6. The summed E-state index contributed by atoms with van der Waals surface area (Å²) in [6, 6.07) is 0. The molecule has 0 amide bonds. The van der Waals surface area contributed by atoms with E-state index in [1.165, 1.54) is 4.68 Å². The minimum absolute atomic E-state index is 0.0280. The molecule has 15 heavy (non-hydrogen) atoms. The normalized spacial score (nSPS) is 13.5.